The number of carboxylic acids is 2. The molecule has 1 aromatic carbocycles. The van der Waals surface area contributed by atoms with Gasteiger partial charge in [0.25, 0.3) is 0 Å². The van der Waals surface area contributed by atoms with E-state index in [-0.39, 0.29) is 5.41 Å². The molecule has 9 nitrogen and oxygen atoms in total. The van der Waals surface area contributed by atoms with Crippen LogP contribution in [0.3, 0.4) is 0 Å². The van der Waals surface area contributed by atoms with E-state index in [2.05, 4.69) is 28.9 Å². The molecular weight excluding hydrogens is 540 g/mol. The number of ether oxygens (including phenoxy) is 2. The van der Waals surface area contributed by atoms with Gasteiger partial charge < -0.3 is 24.6 Å². The Labute approximate surface area is 221 Å². The third-order valence-corrected chi connectivity index (χ3v) is 6.15. The summed E-state index contributed by atoms with van der Waals surface area (Å²) in [5, 5.41) is 23.4. The van der Waals surface area contributed by atoms with Crippen LogP contribution >= 0.6 is 0 Å². The number of hydrogen-bond acceptors (Lipinski definition) is 7. The van der Waals surface area contributed by atoms with Crippen molar-refractivity contribution in [3.05, 3.63) is 35.4 Å². The summed E-state index contributed by atoms with van der Waals surface area (Å²) in [5.74, 6) is -4.91. The van der Waals surface area contributed by atoms with Gasteiger partial charge >= 0.3 is 24.3 Å². The number of carbonyl (C=O) groups is 2. The molecule has 2 atom stereocenters. The molecule has 15 heteroatoms. The Bertz CT molecular complexity index is 960. The maximum Gasteiger partial charge on any atom is 0.490 e. The van der Waals surface area contributed by atoms with Crippen LogP contribution in [0.25, 0.3) is 0 Å². The fourth-order valence-corrected chi connectivity index (χ4v) is 4.20. The second kappa shape index (κ2) is 15.0. The van der Waals surface area contributed by atoms with Crippen LogP contribution in [0.15, 0.2) is 24.3 Å². The highest BCUT2D eigenvalue weighted by Crippen LogP contribution is 2.38. The Morgan fingerprint density at radius 3 is 2.21 bits per heavy atom. The zero-order valence-corrected chi connectivity index (χ0v) is 21.4. The Hall–Kier alpha value is -2.93. The minimum atomic E-state index is -5.08. The summed E-state index contributed by atoms with van der Waals surface area (Å²) in [6, 6.07) is 10.2. The van der Waals surface area contributed by atoms with Crippen LogP contribution in [0.5, 0.6) is 0 Å². The van der Waals surface area contributed by atoms with Crippen LogP contribution in [0, 0.1) is 22.7 Å². The fourth-order valence-electron chi connectivity index (χ4n) is 4.20. The lowest BCUT2D eigenvalue weighted by Gasteiger charge is -2.35. The molecule has 39 heavy (non-hydrogen) atoms. The molecule has 220 valence electrons. The minimum absolute atomic E-state index is 0.192. The Morgan fingerprint density at radius 2 is 1.69 bits per heavy atom. The molecule has 1 spiro atoms. The third kappa shape index (κ3) is 11.8. The first-order valence-electron chi connectivity index (χ1n) is 11.6. The fraction of sp³-hybridized carbons (Fsp3) is 0.625. The second-order valence-corrected chi connectivity index (χ2v) is 9.17. The number of nitrogens with zero attached hydrogens (tertiary/aromatic N) is 3. The van der Waals surface area contributed by atoms with Crippen molar-refractivity contribution in [1.82, 2.24) is 9.80 Å². The number of halogens is 6. The maximum absolute atomic E-state index is 10.6. The summed E-state index contributed by atoms with van der Waals surface area (Å²) < 4.78 is 74.7. The molecule has 2 saturated heterocycles. The zero-order valence-electron chi connectivity index (χ0n) is 21.4. The van der Waals surface area contributed by atoms with Gasteiger partial charge in [0.05, 0.1) is 31.5 Å². The van der Waals surface area contributed by atoms with Gasteiger partial charge in [-0.1, -0.05) is 19.1 Å². The monoisotopic (exact) mass is 571 g/mol. The first kappa shape index (κ1) is 34.1. The maximum atomic E-state index is 10.6. The lowest BCUT2D eigenvalue weighted by Crippen LogP contribution is -2.43. The van der Waals surface area contributed by atoms with E-state index in [1.165, 1.54) is 5.56 Å². The van der Waals surface area contributed by atoms with Crippen LogP contribution in [0.2, 0.25) is 0 Å². The highest BCUT2D eigenvalue weighted by molar-refractivity contribution is 5.73. The van der Waals surface area contributed by atoms with Gasteiger partial charge in [0, 0.05) is 51.8 Å². The number of likely N-dealkylation sites (tertiary alicyclic amines) is 1. The number of nitriles is 1. The Kier molecular flexibility index (Phi) is 13.1. The zero-order chi connectivity index (χ0) is 29.9. The van der Waals surface area contributed by atoms with Crippen molar-refractivity contribution in [3.63, 3.8) is 0 Å². The predicted molar refractivity (Wildman–Crippen MR) is 125 cm³/mol. The Morgan fingerprint density at radius 1 is 1.13 bits per heavy atom. The molecule has 1 aromatic rings. The van der Waals surface area contributed by atoms with Gasteiger partial charge in [-0.25, -0.2) is 9.59 Å². The van der Waals surface area contributed by atoms with Gasteiger partial charge in [0.1, 0.15) is 0 Å². The van der Waals surface area contributed by atoms with Gasteiger partial charge in [0.2, 0.25) is 0 Å². The second-order valence-electron chi connectivity index (χ2n) is 9.17. The number of methoxy groups -OCH3 is 1. The van der Waals surface area contributed by atoms with E-state index in [9.17, 15) is 26.3 Å². The van der Waals surface area contributed by atoms with E-state index in [1.807, 2.05) is 18.2 Å². The average molecular weight is 572 g/mol. The molecule has 0 saturated carbocycles. The lowest BCUT2D eigenvalue weighted by atomic mass is 9.79. The van der Waals surface area contributed by atoms with Gasteiger partial charge in [-0.15, -0.1) is 0 Å². The van der Waals surface area contributed by atoms with Gasteiger partial charge in [-0.05, 0) is 23.6 Å². The average Bonchev–Trinajstić information content (AvgIpc) is 3.00. The van der Waals surface area contributed by atoms with Crippen molar-refractivity contribution in [2.24, 2.45) is 11.3 Å². The van der Waals surface area contributed by atoms with Crippen molar-refractivity contribution < 1.29 is 55.6 Å². The predicted octanol–water partition coefficient (Wildman–Crippen LogP) is 3.24. The lowest BCUT2D eigenvalue weighted by molar-refractivity contribution is -0.193. The number of hydrogen-bond donors (Lipinski definition) is 2. The highest BCUT2D eigenvalue weighted by atomic mass is 19.4. The van der Waals surface area contributed by atoms with Gasteiger partial charge in [0.15, 0.2) is 0 Å². The molecule has 2 fully saturated rings. The van der Waals surface area contributed by atoms with Crippen LogP contribution in [-0.2, 0) is 25.6 Å². The van der Waals surface area contributed by atoms with E-state index >= 15 is 0 Å². The molecule has 2 aliphatic rings. The number of benzene rings is 1. The molecular formula is C24H31F6N3O6. The largest absolute Gasteiger partial charge is 0.490 e. The normalized spacial score (nSPS) is 22.1. The number of rotatable bonds is 5. The molecule has 2 N–H and O–H groups in total. The van der Waals surface area contributed by atoms with Crippen LogP contribution in [0.1, 0.15) is 18.1 Å². The molecule has 0 aromatic heterocycles. The summed E-state index contributed by atoms with van der Waals surface area (Å²) in [7, 11) is 1.76. The van der Waals surface area contributed by atoms with Crippen molar-refractivity contribution in [2.75, 3.05) is 59.7 Å². The minimum Gasteiger partial charge on any atom is -0.475 e. The van der Waals surface area contributed by atoms with Crippen LogP contribution in [0.4, 0.5) is 26.3 Å². The summed E-state index contributed by atoms with van der Waals surface area (Å²) in [6.45, 7) is 10.8. The van der Waals surface area contributed by atoms with E-state index in [0.717, 1.165) is 64.7 Å². The molecule has 0 unspecified atom stereocenters. The van der Waals surface area contributed by atoms with Crippen molar-refractivity contribution in [1.29, 1.82) is 5.26 Å². The molecule has 3 rings (SSSR count). The number of carboxylic acid groups (broad SMARTS) is 2. The van der Waals surface area contributed by atoms with Crippen LogP contribution in [-0.4, -0.2) is 104 Å². The highest BCUT2D eigenvalue weighted by Gasteiger charge is 2.46. The van der Waals surface area contributed by atoms with E-state index < -0.39 is 24.3 Å². The molecule has 2 heterocycles. The van der Waals surface area contributed by atoms with Gasteiger partial charge in [-0.3, -0.25) is 4.90 Å². The summed E-state index contributed by atoms with van der Waals surface area (Å²) in [4.78, 5) is 22.8. The molecule has 0 aliphatic carbocycles. The SMILES string of the molecule is COCCN1C[C@@H](C)[C@@]2(COCCN(Cc3cccc(C#N)c3)C2)C1.O=C(O)C(F)(F)F.O=C(O)C(F)(F)F. The summed E-state index contributed by atoms with van der Waals surface area (Å²) >= 11 is 0. The van der Waals surface area contributed by atoms with Crippen molar-refractivity contribution >= 4 is 11.9 Å². The summed E-state index contributed by atoms with van der Waals surface area (Å²) in [6.07, 6.45) is -10.2. The third-order valence-electron chi connectivity index (χ3n) is 6.15. The number of aliphatic carboxylic acids is 2. The Balaban J connectivity index is 0.000000449. The smallest absolute Gasteiger partial charge is 0.475 e. The van der Waals surface area contributed by atoms with Crippen LogP contribution < -0.4 is 0 Å². The first-order chi connectivity index (χ1) is 18.0. The van der Waals surface area contributed by atoms with Crippen molar-refractivity contribution in [3.8, 4) is 6.07 Å². The molecule has 0 radical (unpaired) electrons. The molecule has 0 amide bonds. The molecule has 2 aliphatic heterocycles. The van der Waals surface area contributed by atoms with Gasteiger partial charge in [-0.2, -0.15) is 31.6 Å². The topological polar surface area (TPSA) is 123 Å². The van der Waals surface area contributed by atoms with E-state index in [0.29, 0.717) is 5.92 Å². The number of alkyl halides is 6. The standard InChI is InChI=1S/C20H29N3O2.2C2HF3O2/c1-17-12-22(6-8-24-2)14-20(17)15-23(7-9-25-16-20)13-19-5-3-4-18(10-19)11-21;2*3-2(4,5)1(6)7/h3-5,10,17H,6-9,12-16H2,1-2H3;2*(H,6,7)/t17-,20+;;/m1../s1. The van der Waals surface area contributed by atoms with Crippen molar-refractivity contribution in [2.45, 2.75) is 25.8 Å². The first-order valence-corrected chi connectivity index (χ1v) is 11.6. The quantitative estimate of drug-likeness (QED) is 0.513. The summed E-state index contributed by atoms with van der Waals surface area (Å²) in [5.41, 5.74) is 2.13. The molecule has 0 bridgehead atoms. The van der Waals surface area contributed by atoms with E-state index in [1.54, 1.807) is 7.11 Å². The van der Waals surface area contributed by atoms with E-state index in [4.69, 9.17) is 34.5 Å².